The summed E-state index contributed by atoms with van der Waals surface area (Å²) in [5.41, 5.74) is 0. The maximum absolute atomic E-state index is 12.3. The van der Waals surface area contributed by atoms with E-state index in [0.717, 1.165) is 116 Å². The summed E-state index contributed by atoms with van der Waals surface area (Å²) in [7, 11) is 0. The van der Waals surface area contributed by atoms with Crippen LogP contribution in [-0.4, -0.2) is 36.4 Å². The maximum Gasteiger partial charge on any atom is 0.306 e. The minimum Gasteiger partial charge on any atom is -0.462 e. The van der Waals surface area contributed by atoms with Crippen molar-refractivity contribution in [3.8, 4) is 0 Å². The average molecular weight is 1130 g/mol. The van der Waals surface area contributed by atoms with Crippen molar-refractivity contribution in [1.29, 1.82) is 0 Å². The smallest absolute Gasteiger partial charge is 0.306 e. The molecule has 1 N–H and O–H groups in total. The van der Waals surface area contributed by atoms with Gasteiger partial charge in [0.25, 0.3) is 0 Å². The zero-order valence-electron chi connectivity index (χ0n) is 52.9. The van der Waals surface area contributed by atoms with Crippen LogP contribution in [-0.2, 0) is 19.1 Å². The SMILES string of the molecule is CC/C=C\C/C=C\C/C=C\C/C=C\C/C=C\C/C=C\C/C=C\C/C=C\C/C=C\CCCC(=O)OC(CO)COC(=O)CCCCCCCCCCCCCCCCCCCCCCCCC/C=C\C/C=C\C/C=C\C/C=C\C/C=C\CC. The van der Waals surface area contributed by atoms with Gasteiger partial charge in [-0.05, 0) is 122 Å². The molecule has 5 nitrogen and oxygen atoms in total. The first-order valence-corrected chi connectivity index (χ1v) is 33.7. The van der Waals surface area contributed by atoms with Crippen LogP contribution >= 0.6 is 0 Å². The molecule has 0 bridgehead atoms. The lowest BCUT2D eigenvalue weighted by molar-refractivity contribution is -0.161. The number of carbonyl (C=O) groups excluding carboxylic acids is 2. The number of unbranched alkanes of at least 4 members (excludes halogenated alkanes) is 24. The van der Waals surface area contributed by atoms with Gasteiger partial charge in [0.2, 0.25) is 0 Å². The van der Waals surface area contributed by atoms with E-state index >= 15 is 0 Å². The van der Waals surface area contributed by atoms with Crippen LogP contribution in [0, 0.1) is 0 Å². The lowest BCUT2D eigenvalue weighted by Gasteiger charge is -2.15. The normalized spacial score (nSPS) is 13.4. The first-order chi connectivity index (χ1) is 40.6. The molecule has 1 atom stereocenters. The Morgan fingerprint density at radius 2 is 0.500 bits per heavy atom. The zero-order valence-corrected chi connectivity index (χ0v) is 52.9. The molecule has 0 aromatic rings. The van der Waals surface area contributed by atoms with Gasteiger partial charge in [-0.15, -0.1) is 0 Å². The number of allylic oxidation sites excluding steroid dienone is 28. The van der Waals surface area contributed by atoms with Gasteiger partial charge in [-0.3, -0.25) is 9.59 Å². The Morgan fingerprint density at radius 1 is 0.280 bits per heavy atom. The van der Waals surface area contributed by atoms with Gasteiger partial charge in [-0.1, -0.05) is 319 Å². The number of esters is 2. The van der Waals surface area contributed by atoms with Crippen molar-refractivity contribution in [2.75, 3.05) is 13.2 Å². The van der Waals surface area contributed by atoms with Crippen LogP contribution in [0.3, 0.4) is 0 Å². The van der Waals surface area contributed by atoms with Crippen molar-refractivity contribution in [1.82, 2.24) is 0 Å². The Kier molecular flexibility index (Phi) is 66.4. The van der Waals surface area contributed by atoms with Crippen LogP contribution in [0.2, 0.25) is 0 Å². The van der Waals surface area contributed by atoms with Gasteiger partial charge in [0.05, 0.1) is 6.61 Å². The third-order valence-corrected chi connectivity index (χ3v) is 14.0. The number of carbonyl (C=O) groups is 2. The number of hydrogen-bond acceptors (Lipinski definition) is 5. The zero-order chi connectivity index (χ0) is 59.1. The second-order valence-electron chi connectivity index (χ2n) is 21.8. The van der Waals surface area contributed by atoms with E-state index in [9.17, 15) is 14.7 Å². The average Bonchev–Trinajstić information content (AvgIpc) is 3.49. The Labute approximate surface area is 506 Å². The molecule has 0 aromatic heterocycles. The molecule has 5 heteroatoms. The summed E-state index contributed by atoms with van der Waals surface area (Å²) < 4.78 is 10.7. The van der Waals surface area contributed by atoms with Crippen molar-refractivity contribution in [2.45, 2.75) is 290 Å². The third-order valence-electron chi connectivity index (χ3n) is 14.0. The van der Waals surface area contributed by atoms with Crippen molar-refractivity contribution < 1.29 is 24.2 Å². The first kappa shape index (κ1) is 77.3. The van der Waals surface area contributed by atoms with Crippen LogP contribution in [0.25, 0.3) is 0 Å². The first-order valence-electron chi connectivity index (χ1n) is 33.7. The lowest BCUT2D eigenvalue weighted by atomic mass is 10.0. The maximum atomic E-state index is 12.3. The minimum atomic E-state index is -0.815. The molecule has 0 spiro atoms. The fourth-order valence-electron chi connectivity index (χ4n) is 9.06. The molecule has 462 valence electrons. The van der Waals surface area contributed by atoms with E-state index in [0.29, 0.717) is 12.8 Å². The summed E-state index contributed by atoms with van der Waals surface area (Å²) in [6.07, 6.45) is 109. The van der Waals surface area contributed by atoms with Gasteiger partial charge in [0, 0.05) is 12.8 Å². The highest BCUT2D eigenvalue weighted by atomic mass is 16.6. The highest BCUT2D eigenvalue weighted by Crippen LogP contribution is 2.17. The predicted octanol–water partition coefficient (Wildman–Crippen LogP) is 23.6. The van der Waals surface area contributed by atoms with Crippen LogP contribution in [0.5, 0.6) is 0 Å². The molecule has 0 amide bonds. The minimum absolute atomic E-state index is 0.0967. The van der Waals surface area contributed by atoms with E-state index in [-0.39, 0.29) is 31.6 Å². The standard InChI is InChI=1S/C77H124O5/c1-3-5-7-9-11-13-15-17-19-21-23-25-27-29-31-33-34-35-36-37-38-39-40-41-42-44-45-47-49-51-53-55-57-59-61-63-65-67-69-71-76(79)81-74-75(73-78)82-77(80)72-70-68-66-64-62-60-58-56-54-52-50-48-46-43-32-30-28-26-24-22-20-18-16-14-12-10-8-6-4-2/h5-8,11-14,17-20,23-26,29-32,46,48,52,54,58,60,64,66,75,78H,3-4,9-10,15-16,21-22,27-28,33-45,47,49-51,53,55-57,59,61-63,65,67-74H2,1-2H3/b7-5-,8-6-,13-11-,14-12-,19-17-,20-18-,25-23-,26-24-,31-29-,32-30-,48-46-,54-52-,60-58-,66-64-. The predicted molar refractivity (Wildman–Crippen MR) is 361 cm³/mol. The molecule has 0 heterocycles. The molecule has 0 aromatic carbocycles. The Bertz CT molecular complexity index is 1810. The van der Waals surface area contributed by atoms with Gasteiger partial charge in [-0.2, -0.15) is 0 Å². The molecule has 0 aliphatic rings. The van der Waals surface area contributed by atoms with E-state index in [1.807, 2.05) is 0 Å². The second-order valence-corrected chi connectivity index (χ2v) is 21.8. The van der Waals surface area contributed by atoms with E-state index < -0.39 is 6.10 Å². The quantitative estimate of drug-likeness (QED) is 0.0373. The van der Waals surface area contributed by atoms with E-state index in [1.54, 1.807) is 0 Å². The van der Waals surface area contributed by atoms with Crippen molar-refractivity contribution in [3.05, 3.63) is 170 Å². The van der Waals surface area contributed by atoms with Crippen LogP contribution in [0.4, 0.5) is 0 Å². The lowest BCUT2D eigenvalue weighted by Crippen LogP contribution is -2.28. The summed E-state index contributed by atoms with van der Waals surface area (Å²) in [4.78, 5) is 24.6. The monoisotopic (exact) mass is 1130 g/mol. The molecule has 0 saturated carbocycles. The molecule has 0 fully saturated rings. The Morgan fingerprint density at radius 3 is 0.768 bits per heavy atom. The van der Waals surface area contributed by atoms with Gasteiger partial charge in [-0.25, -0.2) is 0 Å². The highest BCUT2D eigenvalue weighted by molar-refractivity contribution is 5.70. The summed E-state index contributed by atoms with van der Waals surface area (Å²) in [6, 6.07) is 0. The second kappa shape index (κ2) is 70.5. The van der Waals surface area contributed by atoms with Crippen LogP contribution in [0.1, 0.15) is 284 Å². The summed E-state index contributed by atoms with van der Waals surface area (Å²) in [6.45, 7) is 3.87. The topological polar surface area (TPSA) is 72.8 Å². The summed E-state index contributed by atoms with van der Waals surface area (Å²) >= 11 is 0. The molecule has 82 heavy (non-hydrogen) atoms. The molecule has 0 saturated heterocycles. The molecule has 0 rings (SSSR count). The van der Waals surface area contributed by atoms with E-state index in [2.05, 4.69) is 184 Å². The van der Waals surface area contributed by atoms with Crippen molar-refractivity contribution in [3.63, 3.8) is 0 Å². The van der Waals surface area contributed by atoms with Gasteiger partial charge in [0.15, 0.2) is 6.10 Å². The molecular formula is C77H124O5. The molecule has 0 radical (unpaired) electrons. The van der Waals surface area contributed by atoms with Crippen molar-refractivity contribution >= 4 is 11.9 Å². The van der Waals surface area contributed by atoms with Gasteiger partial charge in [0.1, 0.15) is 6.61 Å². The Hall–Kier alpha value is -4.74. The highest BCUT2D eigenvalue weighted by Gasteiger charge is 2.16. The largest absolute Gasteiger partial charge is 0.462 e. The molecule has 0 aliphatic carbocycles. The summed E-state index contributed by atoms with van der Waals surface area (Å²) in [5, 5.41) is 9.68. The fourth-order valence-corrected chi connectivity index (χ4v) is 9.06. The molecule has 1 unspecified atom stereocenters. The number of aliphatic hydroxyl groups is 1. The molecular weight excluding hydrogens is 1000 g/mol. The number of hydrogen-bond donors (Lipinski definition) is 1. The third kappa shape index (κ3) is 67.8. The Balaban J connectivity index is 3.55. The van der Waals surface area contributed by atoms with E-state index in [1.165, 1.54) is 135 Å². The van der Waals surface area contributed by atoms with Gasteiger partial charge >= 0.3 is 11.9 Å². The van der Waals surface area contributed by atoms with E-state index in [4.69, 9.17) is 9.47 Å². The number of ether oxygens (including phenoxy) is 2. The molecule has 0 aliphatic heterocycles. The van der Waals surface area contributed by atoms with Gasteiger partial charge < -0.3 is 14.6 Å². The number of aliphatic hydroxyl groups excluding tert-OH is 1. The van der Waals surface area contributed by atoms with Crippen LogP contribution < -0.4 is 0 Å². The number of rotatable bonds is 60. The van der Waals surface area contributed by atoms with Crippen molar-refractivity contribution in [2.24, 2.45) is 0 Å². The van der Waals surface area contributed by atoms with Crippen LogP contribution in [0.15, 0.2) is 170 Å². The summed E-state index contributed by atoms with van der Waals surface area (Å²) in [5.74, 6) is -0.662. The fraction of sp³-hybridized carbons (Fsp3) is 0.610.